The van der Waals surface area contributed by atoms with Gasteiger partial charge in [-0.05, 0) is 18.6 Å². The van der Waals surface area contributed by atoms with Gasteiger partial charge in [0.1, 0.15) is 11.6 Å². The second-order valence-electron chi connectivity index (χ2n) is 4.22. The molecule has 1 rings (SSSR count). The highest BCUT2D eigenvalue weighted by molar-refractivity contribution is 6.00. The molecule has 0 aliphatic rings. The maximum absolute atomic E-state index is 12.9. The number of Topliss-reactive ketones (excluding diaryl/α,β-unsaturated/α-hetero) is 1. The van der Waals surface area contributed by atoms with Gasteiger partial charge < -0.3 is 0 Å². The number of ketones is 1. The molecule has 15 heavy (non-hydrogen) atoms. The number of carbonyl (C=O) groups is 1. The highest BCUT2D eigenvalue weighted by Gasteiger charge is 2.27. The SMILES string of the molecule is CCC(C)(C)C(=O)c1cc(F)cc(F)c1. The third-order valence-electron chi connectivity index (χ3n) is 2.62. The minimum atomic E-state index is -0.717. The van der Waals surface area contributed by atoms with Gasteiger partial charge in [-0.1, -0.05) is 20.8 Å². The lowest BCUT2D eigenvalue weighted by Gasteiger charge is -2.20. The van der Waals surface area contributed by atoms with Crippen molar-refractivity contribution in [2.45, 2.75) is 27.2 Å². The first-order valence-electron chi connectivity index (χ1n) is 4.87. The Bertz CT molecular complexity index is 363. The molecular weight excluding hydrogens is 198 g/mol. The van der Waals surface area contributed by atoms with Gasteiger partial charge in [0.25, 0.3) is 0 Å². The first-order valence-corrected chi connectivity index (χ1v) is 4.87. The summed E-state index contributed by atoms with van der Waals surface area (Å²) in [6, 6.07) is 2.90. The van der Waals surface area contributed by atoms with Crippen molar-refractivity contribution < 1.29 is 13.6 Å². The van der Waals surface area contributed by atoms with Crippen molar-refractivity contribution >= 4 is 5.78 Å². The summed E-state index contributed by atoms with van der Waals surface area (Å²) in [6.07, 6.45) is 0.629. The van der Waals surface area contributed by atoms with Crippen LogP contribution in [0.25, 0.3) is 0 Å². The first-order chi connectivity index (χ1) is 6.86. The van der Waals surface area contributed by atoms with E-state index in [-0.39, 0.29) is 11.3 Å². The lowest BCUT2D eigenvalue weighted by molar-refractivity contribution is 0.0832. The summed E-state index contributed by atoms with van der Waals surface area (Å²) in [6.45, 7) is 5.39. The van der Waals surface area contributed by atoms with Crippen LogP contribution in [0.1, 0.15) is 37.6 Å². The fourth-order valence-corrected chi connectivity index (χ4v) is 1.24. The molecule has 0 atom stereocenters. The molecule has 0 aliphatic carbocycles. The minimum Gasteiger partial charge on any atom is -0.294 e. The van der Waals surface area contributed by atoms with E-state index in [1.165, 1.54) is 0 Å². The van der Waals surface area contributed by atoms with Gasteiger partial charge in [-0.15, -0.1) is 0 Å². The van der Waals surface area contributed by atoms with E-state index in [0.717, 1.165) is 18.2 Å². The van der Waals surface area contributed by atoms with Crippen LogP contribution >= 0.6 is 0 Å². The number of carbonyl (C=O) groups excluding carboxylic acids is 1. The minimum absolute atomic E-state index is 0.0966. The van der Waals surface area contributed by atoms with Gasteiger partial charge >= 0.3 is 0 Å². The molecule has 0 fully saturated rings. The van der Waals surface area contributed by atoms with Crippen molar-refractivity contribution in [1.29, 1.82) is 0 Å². The Labute approximate surface area is 88.1 Å². The molecule has 0 amide bonds. The van der Waals surface area contributed by atoms with Gasteiger partial charge in [-0.25, -0.2) is 8.78 Å². The predicted molar refractivity (Wildman–Crippen MR) is 54.8 cm³/mol. The van der Waals surface area contributed by atoms with Crippen LogP contribution in [0.15, 0.2) is 18.2 Å². The second kappa shape index (κ2) is 4.09. The quantitative estimate of drug-likeness (QED) is 0.700. The van der Waals surface area contributed by atoms with Crippen LogP contribution in [0.3, 0.4) is 0 Å². The summed E-state index contributed by atoms with van der Waals surface area (Å²) in [5, 5.41) is 0. The molecule has 0 spiro atoms. The largest absolute Gasteiger partial charge is 0.294 e. The highest BCUT2D eigenvalue weighted by atomic mass is 19.1. The molecular formula is C12H14F2O. The highest BCUT2D eigenvalue weighted by Crippen LogP contribution is 2.26. The summed E-state index contributed by atoms with van der Waals surface area (Å²) < 4.78 is 25.8. The molecule has 0 N–H and O–H groups in total. The number of hydrogen-bond acceptors (Lipinski definition) is 1. The molecule has 0 radical (unpaired) electrons. The summed E-state index contributed by atoms with van der Waals surface area (Å²) in [4.78, 5) is 11.9. The molecule has 82 valence electrons. The monoisotopic (exact) mass is 212 g/mol. The maximum Gasteiger partial charge on any atom is 0.168 e. The normalized spacial score (nSPS) is 11.5. The van der Waals surface area contributed by atoms with Crippen LogP contribution < -0.4 is 0 Å². The van der Waals surface area contributed by atoms with E-state index in [1.54, 1.807) is 13.8 Å². The van der Waals surface area contributed by atoms with Crippen LogP contribution in [0.2, 0.25) is 0 Å². The summed E-state index contributed by atoms with van der Waals surface area (Å²) >= 11 is 0. The predicted octanol–water partition coefficient (Wildman–Crippen LogP) is 3.58. The van der Waals surface area contributed by atoms with E-state index in [1.807, 2.05) is 6.92 Å². The van der Waals surface area contributed by atoms with Gasteiger partial charge in [0.15, 0.2) is 5.78 Å². The summed E-state index contributed by atoms with van der Waals surface area (Å²) in [5.74, 6) is -1.67. The zero-order chi connectivity index (χ0) is 11.6. The Kier molecular flexibility index (Phi) is 3.22. The topological polar surface area (TPSA) is 17.1 Å². The lowest BCUT2D eigenvalue weighted by atomic mass is 9.82. The molecule has 3 heteroatoms. The zero-order valence-electron chi connectivity index (χ0n) is 9.10. The van der Waals surface area contributed by atoms with Crippen LogP contribution in [0.5, 0.6) is 0 Å². The molecule has 1 aromatic rings. The third-order valence-corrected chi connectivity index (χ3v) is 2.62. The Morgan fingerprint density at radius 1 is 1.20 bits per heavy atom. The zero-order valence-corrected chi connectivity index (χ0v) is 9.10. The summed E-state index contributed by atoms with van der Waals surface area (Å²) in [7, 11) is 0. The van der Waals surface area contributed by atoms with Crippen molar-refractivity contribution in [1.82, 2.24) is 0 Å². The van der Waals surface area contributed by atoms with Gasteiger partial charge in [-0.3, -0.25) is 4.79 Å². The van der Waals surface area contributed by atoms with Gasteiger partial charge in [-0.2, -0.15) is 0 Å². The van der Waals surface area contributed by atoms with E-state index in [2.05, 4.69) is 0 Å². The van der Waals surface area contributed by atoms with Crippen LogP contribution in [0.4, 0.5) is 8.78 Å². The molecule has 0 unspecified atom stereocenters. The number of rotatable bonds is 3. The van der Waals surface area contributed by atoms with Crippen LogP contribution in [0, 0.1) is 17.0 Å². The molecule has 0 aliphatic heterocycles. The van der Waals surface area contributed by atoms with Gasteiger partial charge in [0, 0.05) is 17.0 Å². The fourth-order valence-electron chi connectivity index (χ4n) is 1.24. The molecule has 0 aromatic heterocycles. The van der Waals surface area contributed by atoms with Crippen LogP contribution in [-0.4, -0.2) is 5.78 Å². The first kappa shape index (κ1) is 11.8. The molecule has 1 nitrogen and oxygen atoms in total. The van der Waals surface area contributed by atoms with E-state index in [9.17, 15) is 13.6 Å². The Morgan fingerprint density at radius 2 is 1.67 bits per heavy atom. The Balaban J connectivity index is 3.12. The average Bonchev–Trinajstić information content (AvgIpc) is 2.15. The van der Waals surface area contributed by atoms with E-state index in [0.29, 0.717) is 6.42 Å². The van der Waals surface area contributed by atoms with Crippen molar-refractivity contribution in [2.75, 3.05) is 0 Å². The number of halogens is 2. The van der Waals surface area contributed by atoms with Gasteiger partial charge in [0.2, 0.25) is 0 Å². The van der Waals surface area contributed by atoms with Crippen LogP contribution in [-0.2, 0) is 0 Å². The molecule has 0 saturated heterocycles. The number of benzene rings is 1. The van der Waals surface area contributed by atoms with E-state index < -0.39 is 17.0 Å². The fraction of sp³-hybridized carbons (Fsp3) is 0.417. The molecule has 0 bridgehead atoms. The third kappa shape index (κ3) is 2.61. The molecule has 0 saturated carbocycles. The average molecular weight is 212 g/mol. The maximum atomic E-state index is 12.9. The second-order valence-corrected chi connectivity index (χ2v) is 4.22. The Morgan fingerprint density at radius 3 is 2.07 bits per heavy atom. The van der Waals surface area contributed by atoms with Crippen molar-refractivity contribution in [3.05, 3.63) is 35.4 Å². The lowest BCUT2D eigenvalue weighted by Crippen LogP contribution is -2.23. The molecule has 1 aromatic carbocycles. The summed E-state index contributed by atoms with van der Waals surface area (Å²) in [5.41, 5.74) is -0.486. The van der Waals surface area contributed by atoms with Crippen molar-refractivity contribution in [2.24, 2.45) is 5.41 Å². The standard InChI is InChI=1S/C12H14F2O/c1-4-12(2,3)11(15)8-5-9(13)7-10(14)6-8/h5-7H,4H2,1-3H3. The van der Waals surface area contributed by atoms with E-state index in [4.69, 9.17) is 0 Å². The van der Waals surface area contributed by atoms with Crippen molar-refractivity contribution in [3.63, 3.8) is 0 Å². The molecule has 0 heterocycles. The van der Waals surface area contributed by atoms with E-state index >= 15 is 0 Å². The van der Waals surface area contributed by atoms with Crippen molar-refractivity contribution in [3.8, 4) is 0 Å². The van der Waals surface area contributed by atoms with Gasteiger partial charge in [0.05, 0.1) is 0 Å². The Hall–Kier alpha value is -1.25. The number of hydrogen-bond donors (Lipinski definition) is 0. The smallest absolute Gasteiger partial charge is 0.168 e.